The molecule has 0 amide bonds. The fourth-order valence-corrected chi connectivity index (χ4v) is 0. The molecule has 0 unspecified atom stereocenters. The Bertz CT molecular complexity index is 11.7. The van der Waals surface area contributed by atoms with Gasteiger partial charge in [0.2, 0.25) is 0 Å². The van der Waals surface area contributed by atoms with Gasteiger partial charge < -0.3 is 10.2 Å². The number of hydrogen-bond donors (Lipinski definition) is 2. The molecule has 0 fully saturated rings. The van der Waals surface area contributed by atoms with Crippen molar-refractivity contribution in [3.63, 3.8) is 0 Å². The van der Waals surface area contributed by atoms with E-state index in [2.05, 4.69) is 0 Å². The number of aliphatic hydroxyl groups excluding tert-OH is 2. The Morgan fingerprint density at radius 3 is 1.00 bits per heavy atom. The summed E-state index contributed by atoms with van der Waals surface area (Å²) in [4.78, 5) is 0. The zero-order valence-corrected chi connectivity index (χ0v) is 6.37. The van der Waals surface area contributed by atoms with Crippen molar-refractivity contribution in [1.82, 2.24) is 0 Å². The minimum absolute atomic E-state index is 0. The van der Waals surface area contributed by atoms with E-state index in [0.717, 1.165) is 0 Å². The molecule has 0 aromatic carbocycles. The van der Waals surface area contributed by atoms with Crippen LogP contribution in [0.4, 0.5) is 0 Å². The van der Waals surface area contributed by atoms with Crippen molar-refractivity contribution in [1.29, 1.82) is 0 Å². The van der Waals surface area contributed by atoms with Crippen LogP contribution in [0.3, 0.4) is 0 Å². The molecule has 0 rings (SSSR count). The van der Waals surface area contributed by atoms with Gasteiger partial charge in [-0.25, -0.2) is 0 Å². The molecule has 0 aliphatic rings. The molecule has 3 heteroatoms. The van der Waals surface area contributed by atoms with Gasteiger partial charge in [-0.2, -0.15) is 0 Å². The molecule has 0 saturated carbocycles. The fourth-order valence-electron chi connectivity index (χ4n) is 0. The van der Waals surface area contributed by atoms with Crippen molar-refractivity contribution >= 4 is 0 Å². The molecule has 0 aromatic rings. The van der Waals surface area contributed by atoms with Gasteiger partial charge in [0.25, 0.3) is 0 Å². The monoisotopic (exact) mass is 140 g/mol. The van der Waals surface area contributed by atoms with Gasteiger partial charge >= 0.3 is 0 Å². The molecular weight excluding hydrogens is 128 g/mol. The van der Waals surface area contributed by atoms with Crippen LogP contribution in [0.1, 0.15) is 13.8 Å². The summed E-state index contributed by atoms with van der Waals surface area (Å²) in [5.74, 6) is 0. The summed E-state index contributed by atoms with van der Waals surface area (Å²) in [5, 5.41) is 15.1. The molecule has 2 N–H and O–H groups in total. The van der Waals surface area contributed by atoms with Gasteiger partial charge in [-0.05, 0) is 13.8 Å². The molecule has 0 aliphatic carbocycles. The maximum Gasteiger partial charge on any atom is 0.0402 e. The van der Waals surface area contributed by atoms with Gasteiger partial charge in [0.15, 0.2) is 0 Å². The van der Waals surface area contributed by atoms with Gasteiger partial charge in [-0.3, -0.25) is 0 Å². The van der Waals surface area contributed by atoms with E-state index in [-0.39, 0.29) is 34.9 Å². The number of hydrogen-bond acceptors (Lipinski definition) is 2. The maximum atomic E-state index is 7.57. The van der Waals surface area contributed by atoms with E-state index in [0.29, 0.717) is 0 Å². The van der Waals surface area contributed by atoms with Crippen LogP contribution in [-0.2, 0) is 21.7 Å². The number of rotatable bonds is 0. The van der Waals surface area contributed by atoms with Gasteiger partial charge in [0.1, 0.15) is 0 Å². The minimum Gasteiger partial charge on any atom is -0.397 e. The second kappa shape index (κ2) is 30.3. The third-order valence-corrected chi connectivity index (χ3v) is 0. The van der Waals surface area contributed by atoms with E-state index in [1.165, 1.54) is 0 Å². The molecule has 0 aliphatic heterocycles. The molecule has 44 valence electrons. The Labute approximate surface area is 59.4 Å². The van der Waals surface area contributed by atoms with Crippen molar-refractivity contribution in [2.75, 3.05) is 13.2 Å². The van der Waals surface area contributed by atoms with E-state index in [9.17, 15) is 0 Å². The van der Waals surface area contributed by atoms with Crippen LogP contribution in [0.2, 0.25) is 0 Å². The molecule has 0 heterocycles. The van der Waals surface area contributed by atoms with Crippen LogP contribution in [0, 0.1) is 0 Å². The van der Waals surface area contributed by atoms with Crippen molar-refractivity contribution < 1.29 is 31.9 Å². The Kier molecular flexibility index (Phi) is 67.8. The van der Waals surface area contributed by atoms with E-state index in [1.807, 2.05) is 0 Å². The van der Waals surface area contributed by atoms with E-state index >= 15 is 0 Å². The summed E-state index contributed by atoms with van der Waals surface area (Å²) in [7, 11) is 0. The third kappa shape index (κ3) is 354. The smallest absolute Gasteiger partial charge is 0.0402 e. The average molecular weight is 140 g/mol. The first-order chi connectivity index (χ1) is 2.83. The molecule has 0 saturated heterocycles. The van der Waals surface area contributed by atoms with Gasteiger partial charge in [-0.15, -0.1) is 0 Å². The second-order valence-corrected chi connectivity index (χ2v) is 0.632. The molecule has 2 nitrogen and oxygen atoms in total. The Hall–Kier alpha value is 0.634. The predicted octanol–water partition coefficient (Wildman–Crippen LogP) is -0.00530. The van der Waals surface area contributed by atoms with Crippen molar-refractivity contribution in [2.45, 2.75) is 13.8 Å². The molecular formula is C4H12O2Ti. The number of aliphatic hydroxyl groups is 2. The van der Waals surface area contributed by atoms with Crippen LogP contribution >= 0.6 is 0 Å². The standard InChI is InChI=1S/2C2H6O.Ti/c2*1-2-3;/h2*3H,2H2,1H3;. The largest absolute Gasteiger partial charge is 0.397 e. The van der Waals surface area contributed by atoms with Gasteiger partial charge in [-0.1, -0.05) is 0 Å². The van der Waals surface area contributed by atoms with E-state index in [1.54, 1.807) is 13.8 Å². The summed E-state index contributed by atoms with van der Waals surface area (Å²) in [6, 6.07) is 0. The van der Waals surface area contributed by atoms with Crippen molar-refractivity contribution in [3.8, 4) is 0 Å². The summed E-state index contributed by atoms with van der Waals surface area (Å²) >= 11 is 0. The first-order valence-electron chi connectivity index (χ1n) is 2.05. The molecule has 7 heavy (non-hydrogen) atoms. The zero-order valence-electron chi connectivity index (χ0n) is 4.81. The first-order valence-corrected chi connectivity index (χ1v) is 2.05. The van der Waals surface area contributed by atoms with Crippen molar-refractivity contribution in [2.24, 2.45) is 0 Å². The average Bonchev–Trinajstić information content (AvgIpc) is 1.39. The van der Waals surface area contributed by atoms with Crippen LogP contribution in [-0.4, -0.2) is 23.4 Å². The fraction of sp³-hybridized carbons (Fsp3) is 1.00. The van der Waals surface area contributed by atoms with Crippen LogP contribution in [0.15, 0.2) is 0 Å². The molecule has 0 aromatic heterocycles. The normalized spacial score (nSPS) is 5.14. The summed E-state index contributed by atoms with van der Waals surface area (Å²) in [6.45, 7) is 3.86. The predicted molar refractivity (Wildman–Crippen MR) is 25.5 cm³/mol. The van der Waals surface area contributed by atoms with Crippen LogP contribution < -0.4 is 0 Å². The summed E-state index contributed by atoms with van der Waals surface area (Å²) in [6.07, 6.45) is 0. The minimum atomic E-state index is 0. The van der Waals surface area contributed by atoms with E-state index in [4.69, 9.17) is 10.2 Å². The Morgan fingerprint density at radius 1 is 1.00 bits per heavy atom. The van der Waals surface area contributed by atoms with Gasteiger partial charge in [0, 0.05) is 34.9 Å². The quantitative estimate of drug-likeness (QED) is 0.464. The van der Waals surface area contributed by atoms with Gasteiger partial charge in [0.05, 0.1) is 0 Å². The van der Waals surface area contributed by atoms with Crippen LogP contribution in [0.5, 0.6) is 0 Å². The molecule has 0 spiro atoms. The third-order valence-electron chi connectivity index (χ3n) is 0. The second-order valence-electron chi connectivity index (χ2n) is 0.632. The molecule has 0 bridgehead atoms. The SMILES string of the molecule is CCO.CCO.[Ti]. The van der Waals surface area contributed by atoms with E-state index < -0.39 is 0 Å². The maximum absolute atomic E-state index is 7.57. The topological polar surface area (TPSA) is 40.5 Å². The zero-order chi connectivity index (χ0) is 5.41. The van der Waals surface area contributed by atoms with Crippen molar-refractivity contribution in [3.05, 3.63) is 0 Å². The Morgan fingerprint density at radius 2 is 1.00 bits per heavy atom. The summed E-state index contributed by atoms with van der Waals surface area (Å²) in [5.41, 5.74) is 0. The molecule has 0 atom stereocenters. The first kappa shape index (κ1) is 15.6. The Balaban J connectivity index is -0.0000000400. The molecule has 0 radical (unpaired) electrons. The summed E-state index contributed by atoms with van der Waals surface area (Å²) < 4.78 is 0. The van der Waals surface area contributed by atoms with Crippen LogP contribution in [0.25, 0.3) is 0 Å².